The predicted molar refractivity (Wildman–Crippen MR) is 54.8 cm³/mol. The molecule has 0 radical (unpaired) electrons. The number of nitrogens with zero attached hydrogens (tertiary/aromatic N) is 3. The second kappa shape index (κ2) is 10.1. The topological polar surface area (TPSA) is 67.2 Å². The number of methoxy groups -OCH3 is 1. The van der Waals surface area contributed by atoms with Crippen LogP contribution in [-0.2, 0) is 9.47 Å². The van der Waals surface area contributed by atoms with Crippen molar-refractivity contribution in [3.8, 4) is 0 Å². The molecule has 0 saturated carbocycles. The van der Waals surface area contributed by atoms with Gasteiger partial charge in [0, 0.05) is 18.6 Å². The zero-order valence-corrected chi connectivity index (χ0v) is 8.56. The van der Waals surface area contributed by atoms with E-state index in [1.54, 1.807) is 7.11 Å². The van der Waals surface area contributed by atoms with Gasteiger partial charge in [-0.05, 0) is 24.8 Å². The highest BCUT2D eigenvalue weighted by molar-refractivity contribution is 4.73. The van der Waals surface area contributed by atoms with Crippen molar-refractivity contribution < 1.29 is 9.47 Å². The summed E-state index contributed by atoms with van der Waals surface area (Å²) in [7, 11) is 1.59. The van der Waals surface area contributed by atoms with E-state index in [1.165, 1.54) is 0 Å². The molecule has 5 heteroatoms. The van der Waals surface area contributed by atoms with Crippen LogP contribution in [0.2, 0.25) is 0 Å². The summed E-state index contributed by atoms with van der Waals surface area (Å²) in [6, 6.07) is 0. The zero-order chi connectivity index (χ0) is 10.6. The highest BCUT2D eigenvalue weighted by Crippen LogP contribution is 2.07. The molecule has 0 aliphatic heterocycles. The van der Waals surface area contributed by atoms with Gasteiger partial charge in [0.1, 0.15) is 6.79 Å². The zero-order valence-electron chi connectivity index (χ0n) is 8.56. The van der Waals surface area contributed by atoms with Gasteiger partial charge in [0.2, 0.25) is 0 Å². The predicted octanol–water partition coefficient (Wildman–Crippen LogP) is 2.64. The molecule has 0 aromatic rings. The van der Waals surface area contributed by atoms with Crippen molar-refractivity contribution >= 4 is 0 Å². The monoisotopic (exact) mass is 199 g/mol. The third-order valence-electron chi connectivity index (χ3n) is 1.70. The van der Waals surface area contributed by atoms with Crippen LogP contribution in [0.25, 0.3) is 10.4 Å². The molecule has 0 spiro atoms. The lowest BCUT2D eigenvalue weighted by molar-refractivity contribution is -0.0729. The molecule has 0 aliphatic carbocycles. The standard InChI is InChI=1S/C9H17N3O2/c1-3-5-9(14-8-13-2)6-4-7-11-12-10/h3,9H,1,4-8H2,2H3/t9-/m0/s1. The van der Waals surface area contributed by atoms with Crippen LogP contribution in [-0.4, -0.2) is 26.6 Å². The Balaban J connectivity index is 3.60. The van der Waals surface area contributed by atoms with Gasteiger partial charge in [0.25, 0.3) is 0 Å². The molecule has 0 amide bonds. The maximum absolute atomic E-state index is 8.07. The van der Waals surface area contributed by atoms with Crippen LogP contribution < -0.4 is 0 Å². The van der Waals surface area contributed by atoms with Gasteiger partial charge >= 0.3 is 0 Å². The first-order valence-electron chi connectivity index (χ1n) is 4.57. The van der Waals surface area contributed by atoms with Crippen LogP contribution in [0.15, 0.2) is 17.8 Å². The second-order valence-corrected chi connectivity index (χ2v) is 2.82. The Bertz CT molecular complexity index is 190. The first-order chi connectivity index (χ1) is 6.85. The Hall–Kier alpha value is -1.03. The molecular formula is C9H17N3O2. The first-order valence-corrected chi connectivity index (χ1v) is 4.57. The minimum atomic E-state index is 0.112. The van der Waals surface area contributed by atoms with E-state index >= 15 is 0 Å². The summed E-state index contributed by atoms with van der Waals surface area (Å²) in [5.74, 6) is 0. The minimum Gasteiger partial charge on any atom is -0.359 e. The Kier molecular flexibility index (Phi) is 9.31. The average molecular weight is 199 g/mol. The Labute approximate surface area is 84.3 Å². The highest BCUT2D eigenvalue weighted by atomic mass is 16.7. The van der Waals surface area contributed by atoms with E-state index in [1.807, 2.05) is 6.08 Å². The molecule has 0 rings (SSSR count). The minimum absolute atomic E-state index is 0.112. The molecule has 0 aromatic heterocycles. The molecule has 80 valence electrons. The van der Waals surface area contributed by atoms with Crippen LogP contribution in [0.4, 0.5) is 0 Å². The van der Waals surface area contributed by atoms with Gasteiger partial charge in [0.05, 0.1) is 6.10 Å². The largest absolute Gasteiger partial charge is 0.359 e. The second-order valence-electron chi connectivity index (χ2n) is 2.82. The van der Waals surface area contributed by atoms with E-state index < -0.39 is 0 Å². The fourth-order valence-corrected chi connectivity index (χ4v) is 1.05. The molecule has 0 fully saturated rings. The molecule has 1 atom stereocenters. The number of rotatable bonds is 9. The van der Waals surface area contributed by atoms with E-state index in [-0.39, 0.29) is 6.10 Å². The quantitative estimate of drug-likeness (QED) is 0.143. The van der Waals surface area contributed by atoms with Gasteiger partial charge in [-0.1, -0.05) is 11.2 Å². The van der Waals surface area contributed by atoms with Crippen molar-refractivity contribution in [2.45, 2.75) is 25.4 Å². The molecule has 0 heterocycles. The summed E-state index contributed by atoms with van der Waals surface area (Å²) in [6.45, 7) is 4.46. The lowest BCUT2D eigenvalue weighted by atomic mass is 10.1. The summed E-state index contributed by atoms with van der Waals surface area (Å²) in [5.41, 5.74) is 8.07. The summed E-state index contributed by atoms with van der Waals surface area (Å²) >= 11 is 0. The van der Waals surface area contributed by atoms with Gasteiger partial charge in [-0.25, -0.2) is 0 Å². The van der Waals surface area contributed by atoms with Gasteiger partial charge < -0.3 is 9.47 Å². The summed E-state index contributed by atoms with van der Waals surface area (Å²) < 4.78 is 10.2. The van der Waals surface area contributed by atoms with E-state index in [0.29, 0.717) is 13.3 Å². The molecule has 0 aliphatic rings. The van der Waals surface area contributed by atoms with Gasteiger partial charge in [-0.15, -0.1) is 6.58 Å². The molecular weight excluding hydrogens is 182 g/mol. The number of azide groups is 1. The van der Waals surface area contributed by atoms with Crippen molar-refractivity contribution in [3.05, 3.63) is 23.1 Å². The van der Waals surface area contributed by atoms with Crippen LogP contribution in [0.5, 0.6) is 0 Å². The SMILES string of the molecule is C=CC[C@@H](CCCN=[N+]=[N-])OCOC. The third kappa shape index (κ3) is 7.61. The summed E-state index contributed by atoms with van der Waals surface area (Å²) in [4.78, 5) is 2.68. The molecule has 0 bridgehead atoms. The van der Waals surface area contributed by atoms with Crippen LogP contribution in [0, 0.1) is 0 Å². The Morgan fingerprint density at radius 2 is 2.43 bits per heavy atom. The van der Waals surface area contributed by atoms with E-state index in [0.717, 1.165) is 19.3 Å². The summed E-state index contributed by atoms with van der Waals surface area (Å²) in [6.07, 6.45) is 4.40. The number of ether oxygens (including phenoxy) is 2. The van der Waals surface area contributed by atoms with E-state index in [9.17, 15) is 0 Å². The van der Waals surface area contributed by atoms with Crippen molar-refractivity contribution in [2.75, 3.05) is 20.4 Å². The molecule has 14 heavy (non-hydrogen) atoms. The molecule has 0 saturated heterocycles. The van der Waals surface area contributed by atoms with Gasteiger partial charge in [0.15, 0.2) is 0 Å². The molecule has 0 unspecified atom stereocenters. The van der Waals surface area contributed by atoms with Gasteiger partial charge in [-0.2, -0.15) is 0 Å². The maximum atomic E-state index is 8.07. The smallest absolute Gasteiger partial charge is 0.146 e. The van der Waals surface area contributed by atoms with Crippen molar-refractivity contribution in [3.63, 3.8) is 0 Å². The van der Waals surface area contributed by atoms with Crippen molar-refractivity contribution in [1.82, 2.24) is 0 Å². The third-order valence-corrected chi connectivity index (χ3v) is 1.70. The fourth-order valence-electron chi connectivity index (χ4n) is 1.05. The van der Waals surface area contributed by atoms with Crippen molar-refractivity contribution in [1.29, 1.82) is 0 Å². The van der Waals surface area contributed by atoms with Crippen molar-refractivity contribution in [2.24, 2.45) is 5.11 Å². The molecule has 0 N–H and O–H groups in total. The lowest BCUT2D eigenvalue weighted by Crippen LogP contribution is -2.14. The van der Waals surface area contributed by atoms with Crippen LogP contribution >= 0.6 is 0 Å². The highest BCUT2D eigenvalue weighted by Gasteiger charge is 2.05. The number of hydrogen-bond acceptors (Lipinski definition) is 3. The van der Waals surface area contributed by atoms with E-state index in [4.69, 9.17) is 15.0 Å². The fraction of sp³-hybridized carbons (Fsp3) is 0.778. The normalized spacial score (nSPS) is 11.8. The van der Waals surface area contributed by atoms with Crippen LogP contribution in [0.3, 0.4) is 0 Å². The lowest BCUT2D eigenvalue weighted by Gasteiger charge is -2.14. The first kappa shape index (κ1) is 13.0. The summed E-state index contributed by atoms with van der Waals surface area (Å²) in [5, 5.41) is 3.45. The average Bonchev–Trinajstić information content (AvgIpc) is 2.20. The van der Waals surface area contributed by atoms with Crippen LogP contribution in [0.1, 0.15) is 19.3 Å². The van der Waals surface area contributed by atoms with E-state index in [2.05, 4.69) is 16.6 Å². The van der Waals surface area contributed by atoms with Gasteiger partial charge in [-0.3, -0.25) is 0 Å². The Morgan fingerprint density at radius 3 is 3.00 bits per heavy atom. The maximum Gasteiger partial charge on any atom is 0.146 e. The number of hydrogen-bond donors (Lipinski definition) is 0. The molecule has 0 aromatic carbocycles. The molecule has 5 nitrogen and oxygen atoms in total. The Morgan fingerprint density at radius 1 is 1.64 bits per heavy atom.